The van der Waals surface area contributed by atoms with Gasteiger partial charge in [0.2, 0.25) is 0 Å². The Morgan fingerprint density at radius 3 is 2.68 bits per heavy atom. The summed E-state index contributed by atoms with van der Waals surface area (Å²) in [5, 5.41) is 19.3. The number of ether oxygens (including phenoxy) is 1. The largest absolute Gasteiger partial charge is 0.452 e. The quantitative estimate of drug-likeness (QED) is 0.466. The molecule has 0 bridgehead atoms. The Morgan fingerprint density at radius 1 is 1.25 bits per heavy atom. The molecule has 1 aliphatic heterocycles. The summed E-state index contributed by atoms with van der Waals surface area (Å²) in [5.74, 6) is -1.27. The normalized spacial score (nSPS) is 13.0. The topological polar surface area (TPSA) is 114 Å². The summed E-state index contributed by atoms with van der Waals surface area (Å²) in [6.07, 6.45) is 0.612. The van der Waals surface area contributed by atoms with Crippen LogP contribution in [0.15, 0.2) is 53.6 Å². The van der Waals surface area contributed by atoms with Crippen LogP contribution in [0.2, 0.25) is 0 Å². The molecule has 0 aromatic heterocycles. The predicted molar refractivity (Wildman–Crippen MR) is 102 cm³/mol. The standard InChI is InChI=1S/C19H18N4O5/c1-20-16-8-7-14(11-17(16)23(26)27)19(25)28-12-18(24)22-10-9-15(21-22)13-5-3-2-4-6-13/h2-8,11,20H,9-10,12H2,1H3. The molecule has 1 heterocycles. The van der Waals surface area contributed by atoms with Gasteiger partial charge in [-0.3, -0.25) is 14.9 Å². The molecule has 1 amide bonds. The van der Waals surface area contributed by atoms with Crippen molar-refractivity contribution in [2.45, 2.75) is 6.42 Å². The first kappa shape index (κ1) is 19.0. The summed E-state index contributed by atoms with van der Waals surface area (Å²) in [6, 6.07) is 13.4. The van der Waals surface area contributed by atoms with Crippen molar-refractivity contribution in [3.8, 4) is 0 Å². The Kier molecular flexibility index (Phi) is 5.64. The van der Waals surface area contributed by atoms with Crippen molar-refractivity contribution in [3.63, 3.8) is 0 Å². The molecule has 2 aromatic carbocycles. The predicted octanol–water partition coefficient (Wildman–Crippen LogP) is 2.43. The molecule has 9 nitrogen and oxygen atoms in total. The van der Waals surface area contributed by atoms with Gasteiger partial charge in [0.15, 0.2) is 6.61 Å². The van der Waals surface area contributed by atoms with Gasteiger partial charge in [-0.05, 0) is 17.7 Å². The summed E-state index contributed by atoms with van der Waals surface area (Å²) in [6.45, 7) is -0.0884. The Balaban J connectivity index is 1.62. The zero-order valence-corrected chi connectivity index (χ0v) is 15.1. The second-order valence-electron chi connectivity index (χ2n) is 5.99. The highest BCUT2D eigenvalue weighted by Gasteiger charge is 2.23. The van der Waals surface area contributed by atoms with E-state index >= 15 is 0 Å². The first-order valence-corrected chi connectivity index (χ1v) is 8.56. The molecule has 28 heavy (non-hydrogen) atoms. The number of esters is 1. The zero-order chi connectivity index (χ0) is 20.1. The van der Waals surface area contributed by atoms with Crippen molar-refractivity contribution in [2.75, 3.05) is 25.5 Å². The first-order chi connectivity index (χ1) is 13.5. The number of hydrogen-bond donors (Lipinski definition) is 1. The van der Waals surface area contributed by atoms with Gasteiger partial charge >= 0.3 is 5.97 Å². The van der Waals surface area contributed by atoms with Gasteiger partial charge in [0.25, 0.3) is 11.6 Å². The molecule has 0 saturated heterocycles. The van der Waals surface area contributed by atoms with E-state index in [0.29, 0.717) is 13.0 Å². The number of anilines is 1. The number of carbonyl (C=O) groups is 2. The number of amides is 1. The number of benzene rings is 2. The lowest BCUT2D eigenvalue weighted by Crippen LogP contribution is -2.28. The van der Waals surface area contributed by atoms with Crippen molar-refractivity contribution in [1.29, 1.82) is 0 Å². The van der Waals surface area contributed by atoms with E-state index in [1.165, 1.54) is 17.1 Å². The highest BCUT2D eigenvalue weighted by molar-refractivity contribution is 6.02. The lowest BCUT2D eigenvalue weighted by atomic mass is 10.1. The number of nitro benzene ring substituents is 1. The number of hydrazone groups is 1. The average Bonchev–Trinajstić information content (AvgIpc) is 3.22. The fourth-order valence-corrected chi connectivity index (χ4v) is 2.78. The van der Waals surface area contributed by atoms with E-state index in [4.69, 9.17) is 4.74 Å². The number of carbonyl (C=O) groups excluding carboxylic acids is 2. The van der Waals surface area contributed by atoms with Crippen LogP contribution in [0.4, 0.5) is 11.4 Å². The maximum absolute atomic E-state index is 12.3. The Hall–Kier alpha value is -3.75. The van der Waals surface area contributed by atoms with Gasteiger partial charge in [-0.15, -0.1) is 0 Å². The van der Waals surface area contributed by atoms with E-state index in [1.807, 2.05) is 30.3 Å². The van der Waals surface area contributed by atoms with Crippen LogP contribution in [0.25, 0.3) is 0 Å². The van der Waals surface area contributed by atoms with Gasteiger partial charge < -0.3 is 10.1 Å². The van der Waals surface area contributed by atoms with E-state index < -0.39 is 23.4 Å². The maximum Gasteiger partial charge on any atom is 0.338 e. The van der Waals surface area contributed by atoms with Crippen LogP contribution >= 0.6 is 0 Å². The lowest BCUT2D eigenvalue weighted by Gasteiger charge is -2.11. The minimum Gasteiger partial charge on any atom is -0.452 e. The number of nitrogens with one attached hydrogen (secondary N) is 1. The van der Waals surface area contributed by atoms with Crippen LogP contribution in [0, 0.1) is 10.1 Å². The highest BCUT2D eigenvalue weighted by Crippen LogP contribution is 2.25. The Bertz CT molecular complexity index is 943. The second-order valence-corrected chi connectivity index (χ2v) is 5.99. The first-order valence-electron chi connectivity index (χ1n) is 8.56. The Morgan fingerprint density at radius 2 is 2.00 bits per heavy atom. The molecule has 0 aliphatic carbocycles. The minimum atomic E-state index is -0.814. The molecule has 9 heteroatoms. The van der Waals surface area contributed by atoms with E-state index in [1.54, 1.807) is 7.05 Å². The summed E-state index contributed by atoms with van der Waals surface area (Å²) in [5.41, 5.74) is 1.75. The molecule has 0 unspecified atom stereocenters. The molecular formula is C19H18N4O5. The maximum atomic E-state index is 12.3. The summed E-state index contributed by atoms with van der Waals surface area (Å²) < 4.78 is 5.01. The van der Waals surface area contributed by atoms with Crippen LogP contribution in [-0.2, 0) is 9.53 Å². The van der Waals surface area contributed by atoms with Gasteiger partial charge in [0.1, 0.15) is 5.69 Å². The van der Waals surface area contributed by atoms with E-state index in [0.717, 1.165) is 17.3 Å². The minimum absolute atomic E-state index is 0.00611. The summed E-state index contributed by atoms with van der Waals surface area (Å²) >= 11 is 0. The zero-order valence-electron chi connectivity index (χ0n) is 15.1. The van der Waals surface area contributed by atoms with Gasteiger partial charge in [0.05, 0.1) is 22.7 Å². The Labute approximate surface area is 160 Å². The van der Waals surface area contributed by atoms with Crippen molar-refractivity contribution in [3.05, 3.63) is 69.8 Å². The van der Waals surface area contributed by atoms with Gasteiger partial charge in [-0.2, -0.15) is 5.10 Å². The van der Waals surface area contributed by atoms with Crippen molar-refractivity contribution < 1.29 is 19.2 Å². The van der Waals surface area contributed by atoms with Crippen LogP contribution in [0.1, 0.15) is 22.3 Å². The number of hydrogen-bond acceptors (Lipinski definition) is 7. The van der Waals surface area contributed by atoms with E-state index in [-0.39, 0.29) is 16.9 Å². The summed E-state index contributed by atoms with van der Waals surface area (Å²) in [7, 11) is 1.54. The van der Waals surface area contributed by atoms with Crippen molar-refractivity contribution in [1.82, 2.24) is 5.01 Å². The molecule has 0 radical (unpaired) electrons. The fourth-order valence-electron chi connectivity index (χ4n) is 2.78. The molecule has 144 valence electrons. The third-order valence-corrected chi connectivity index (χ3v) is 4.22. The molecule has 0 atom stereocenters. The molecule has 0 spiro atoms. The second kappa shape index (κ2) is 8.30. The van der Waals surface area contributed by atoms with E-state index in [9.17, 15) is 19.7 Å². The molecule has 0 saturated carbocycles. The van der Waals surface area contributed by atoms with Gasteiger partial charge in [-0.1, -0.05) is 30.3 Å². The number of nitro groups is 1. The molecule has 0 fully saturated rings. The average molecular weight is 382 g/mol. The van der Waals surface area contributed by atoms with Crippen LogP contribution in [-0.4, -0.2) is 47.7 Å². The molecule has 3 rings (SSSR count). The van der Waals surface area contributed by atoms with Crippen molar-refractivity contribution >= 4 is 29.0 Å². The molecule has 2 aromatic rings. The smallest absolute Gasteiger partial charge is 0.338 e. The van der Waals surface area contributed by atoms with Crippen LogP contribution in [0.3, 0.4) is 0 Å². The van der Waals surface area contributed by atoms with E-state index in [2.05, 4.69) is 10.4 Å². The van der Waals surface area contributed by atoms with Crippen molar-refractivity contribution in [2.24, 2.45) is 5.10 Å². The lowest BCUT2D eigenvalue weighted by molar-refractivity contribution is -0.384. The third kappa shape index (κ3) is 4.14. The number of rotatable bonds is 6. The van der Waals surface area contributed by atoms with Crippen LogP contribution < -0.4 is 5.32 Å². The number of nitrogens with zero attached hydrogens (tertiary/aromatic N) is 3. The highest BCUT2D eigenvalue weighted by atomic mass is 16.6. The molecular weight excluding hydrogens is 364 g/mol. The monoisotopic (exact) mass is 382 g/mol. The van der Waals surface area contributed by atoms with Gasteiger partial charge in [-0.25, -0.2) is 9.80 Å². The molecule has 1 aliphatic rings. The van der Waals surface area contributed by atoms with Crippen LogP contribution in [0.5, 0.6) is 0 Å². The van der Waals surface area contributed by atoms with Gasteiger partial charge in [0, 0.05) is 19.5 Å². The summed E-state index contributed by atoms with van der Waals surface area (Å²) in [4.78, 5) is 34.9. The third-order valence-electron chi connectivity index (χ3n) is 4.22. The SMILES string of the molecule is CNc1ccc(C(=O)OCC(=O)N2CCC(c3ccccc3)=N2)cc1[N+](=O)[O-]. The molecule has 1 N–H and O–H groups in total. The fraction of sp³-hybridized carbons (Fsp3) is 0.211.